The molecule has 1 aliphatic rings. The molecule has 160 valence electrons. The van der Waals surface area contributed by atoms with E-state index < -0.39 is 23.7 Å². The molecule has 1 aliphatic heterocycles. The molecule has 0 radical (unpaired) electrons. The Labute approximate surface area is 175 Å². The number of hydrogen-bond acceptors (Lipinski definition) is 6. The Morgan fingerprint density at radius 2 is 2.03 bits per heavy atom. The molecule has 0 saturated heterocycles. The Morgan fingerprint density at radius 3 is 2.69 bits per heavy atom. The summed E-state index contributed by atoms with van der Waals surface area (Å²) in [7, 11) is 1.22. The fraction of sp³-hybridized carbons (Fsp3) is 0.550. The maximum atomic E-state index is 12.7. The van der Waals surface area contributed by atoms with Crippen LogP contribution in [0.25, 0.3) is 0 Å². The number of amides is 2. The van der Waals surface area contributed by atoms with E-state index in [0.29, 0.717) is 30.5 Å². The van der Waals surface area contributed by atoms with E-state index in [0.717, 1.165) is 5.56 Å². The number of rotatable bonds is 5. The molecule has 0 unspecified atom stereocenters. The van der Waals surface area contributed by atoms with Crippen LogP contribution in [0, 0.1) is 0 Å². The van der Waals surface area contributed by atoms with Crippen LogP contribution in [-0.4, -0.2) is 54.8 Å². The van der Waals surface area contributed by atoms with Crippen molar-refractivity contribution >= 4 is 29.6 Å². The number of hydrogen-bond donors (Lipinski definition) is 1. The van der Waals surface area contributed by atoms with E-state index in [-0.39, 0.29) is 18.7 Å². The van der Waals surface area contributed by atoms with Crippen molar-refractivity contribution in [2.24, 2.45) is 0 Å². The second-order valence-electron chi connectivity index (χ2n) is 7.68. The van der Waals surface area contributed by atoms with Gasteiger partial charge in [-0.05, 0) is 45.4 Å². The Balaban J connectivity index is 1.98. The topological polar surface area (TPSA) is 94.2 Å². The van der Waals surface area contributed by atoms with Gasteiger partial charge in [0.2, 0.25) is 5.91 Å². The van der Waals surface area contributed by atoms with Crippen LogP contribution in [0.2, 0.25) is 5.02 Å². The molecular formula is C20H27ClN2O6. The van der Waals surface area contributed by atoms with Gasteiger partial charge in [-0.15, -0.1) is 0 Å². The van der Waals surface area contributed by atoms with Gasteiger partial charge in [0, 0.05) is 23.6 Å². The highest BCUT2D eigenvalue weighted by molar-refractivity contribution is 6.30. The molecule has 8 nitrogen and oxygen atoms in total. The van der Waals surface area contributed by atoms with Gasteiger partial charge in [-0.1, -0.05) is 11.6 Å². The van der Waals surface area contributed by atoms with E-state index in [9.17, 15) is 14.4 Å². The summed E-state index contributed by atoms with van der Waals surface area (Å²) in [5, 5.41) is 3.03. The van der Waals surface area contributed by atoms with Gasteiger partial charge in [-0.2, -0.15) is 0 Å². The fourth-order valence-electron chi connectivity index (χ4n) is 2.84. The summed E-state index contributed by atoms with van der Waals surface area (Å²) in [6.45, 7) is 6.28. The molecule has 0 saturated carbocycles. The quantitative estimate of drug-likeness (QED) is 0.727. The van der Waals surface area contributed by atoms with Gasteiger partial charge in [-0.25, -0.2) is 9.59 Å². The molecule has 1 atom stereocenters. The maximum Gasteiger partial charge on any atom is 0.408 e. The normalized spacial score (nSPS) is 14.7. The Bertz CT molecular complexity index is 762. The smallest absolute Gasteiger partial charge is 0.408 e. The zero-order valence-electron chi connectivity index (χ0n) is 17.1. The average molecular weight is 427 g/mol. The number of ether oxygens (including phenoxy) is 3. The number of benzene rings is 1. The molecule has 1 N–H and O–H groups in total. The molecule has 1 heterocycles. The van der Waals surface area contributed by atoms with Gasteiger partial charge in [0.1, 0.15) is 24.0 Å². The van der Waals surface area contributed by atoms with Crippen LogP contribution in [0.1, 0.15) is 39.2 Å². The predicted octanol–water partition coefficient (Wildman–Crippen LogP) is 2.91. The number of carbonyl (C=O) groups excluding carboxylic acids is 3. The van der Waals surface area contributed by atoms with Crippen LogP contribution in [0.3, 0.4) is 0 Å². The van der Waals surface area contributed by atoms with Gasteiger partial charge in [0.05, 0.1) is 13.7 Å². The second-order valence-corrected chi connectivity index (χ2v) is 8.11. The van der Waals surface area contributed by atoms with E-state index in [1.165, 1.54) is 7.11 Å². The minimum absolute atomic E-state index is 0.0471. The molecular weight excluding hydrogens is 400 g/mol. The molecule has 2 amide bonds. The van der Waals surface area contributed by atoms with Crippen molar-refractivity contribution in [3.05, 3.63) is 28.8 Å². The standard InChI is InChI=1S/C20H27ClN2O6/c1-20(2,3)29-19(26)22-15(18(25)27-4)6-8-17(24)23-9-10-28-16-7-5-14(21)11-13(16)12-23/h5,7,11,15H,6,8-10,12H2,1-4H3,(H,22,26)/t15-/m0/s1. The number of alkyl carbamates (subject to hydrolysis) is 1. The summed E-state index contributed by atoms with van der Waals surface area (Å²) in [6.07, 6.45) is -0.609. The molecule has 0 fully saturated rings. The van der Waals surface area contributed by atoms with E-state index in [1.807, 2.05) is 0 Å². The first-order chi connectivity index (χ1) is 13.6. The van der Waals surface area contributed by atoms with Crippen molar-refractivity contribution in [2.75, 3.05) is 20.3 Å². The number of methoxy groups -OCH3 is 1. The Morgan fingerprint density at radius 1 is 1.31 bits per heavy atom. The summed E-state index contributed by atoms with van der Waals surface area (Å²) >= 11 is 6.04. The van der Waals surface area contributed by atoms with Gasteiger partial charge in [0.15, 0.2) is 0 Å². The van der Waals surface area contributed by atoms with E-state index in [2.05, 4.69) is 5.32 Å². The van der Waals surface area contributed by atoms with Crippen molar-refractivity contribution in [3.8, 4) is 5.75 Å². The number of esters is 1. The van der Waals surface area contributed by atoms with Crippen LogP contribution in [0.5, 0.6) is 5.75 Å². The monoisotopic (exact) mass is 426 g/mol. The van der Waals surface area contributed by atoms with E-state index in [4.69, 9.17) is 25.8 Å². The van der Waals surface area contributed by atoms with Crippen molar-refractivity contribution in [3.63, 3.8) is 0 Å². The van der Waals surface area contributed by atoms with Gasteiger partial charge in [0.25, 0.3) is 0 Å². The van der Waals surface area contributed by atoms with E-state index >= 15 is 0 Å². The molecule has 2 rings (SSSR count). The zero-order valence-corrected chi connectivity index (χ0v) is 17.9. The van der Waals surface area contributed by atoms with Crippen LogP contribution in [0.15, 0.2) is 18.2 Å². The van der Waals surface area contributed by atoms with Gasteiger partial charge < -0.3 is 24.4 Å². The Hall–Kier alpha value is -2.48. The van der Waals surface area contributed by atoms with Crippen molar-refractivity contribution in [2.45, 2.75) is 51.8 Å². The number of halogens is 1. The maximum absolute atomic E-state index is 12.7. The van der Waals surface area contributed by atoms with Crippen LogP contribution in [-0.2, 0) is 25.6 Å². The lowest BCUT2D eigenvalue weighted by atomic mass is 10.1. The lowest BCUT2D eigenvalue weighted by molar-refractivity contribution is -0.143. The fourth-order valence-corrected chi connectivity index (χ4v) is 3.04. The predicted molar refractivity (Wildman–Crippen MR) is 107 cm³/mol. The van der Waals surface area contributed by atoms with Crippen LogP contribution in [0.4, 0.5) is 4.79 Å². The number of nitrogens with one attached hydrogen (secondary N) is 1. The lowest BCUT2D eigenvalue weighted by Gasteiger charge is -2.24. The van der Waals surface area contributed by atoms with Crippen molar-refractivity contribution in [1.29, 1.82) is 0 Å². The number of fused-ring (bicyclic) bond motifs is 1. The number of carbonyl (C=O) groups is 3. The Kier molecular flexibility index (Phi) is 7.73. The third kappa shape index (κ3) is 7.12. The zero-order chi connectivity index (χ0) is 21.6. The summed E-state index contributed by atoms with van der Waals surface area (Å²) < 4.78 is 15.6. The third-order valence-corrected chi connectivity index (χ3v) is 4.41. The van der Waals surface area contributed by atoms with Crippen LogP contribution >= 0.6 is 11.6 Å². The second kappa shape index (κ2) is 9.82. The van der Waals surface area contributed by atoms with E-state index in [1.54, 1.807) is 43.9 Å². The van der Waals surface area contributed by atoms with Crippen molar-refractivity contribution < 1.29 is 28.6 Å². The van der Waals surface area contributed by atoms with Crippen LogP contribution < -0.4 is 10.1 Å². The SMILES string of the molecule is COC(=O)[C@H](CCC(=O)N1CCOc2ccc(Cl)cc2C1)NC(=O)OC(C)(C)C. The summed E-state index contributed by atoms with van der Waals surface area (Å²) in [4.78, 5) is 38.4. The summed E-state index contributed by atoms with van der Waals surface area (Å²) in [6, 6.07) is 4.30. The minimum atomic E-state index is -0.983. The molecule has 29 heavy (non-hydrogen) atoms. The average Bonchev–Trinajstić information content (AvgIpc) is 2.84. The highest BCUT2D eigenvalue weighted by atomic mass is 35.5. The van der Waals surface area contributed by atoms with Gasteiger partial charge >= 0.3 is 12.1 Å². The first-order valence-corrected chi connectivity index (χ1v) is 9.73. The summed E-state index contributed by atoms with van der Waals surface area (Å²) in [5.41, 5.74) is 0.112. The summed E-state index contributed by atoms with van der Waals surface area (Å²) in [5.74, 6) is -0.106. The molecule has 0 aliphatic carbocycles. The lowest BCUT2D eigenvalue weighted by Crippen LogP contribution is -2.44. The molecule has 9 heteroatoms. The molecule has 0 spiro atoms. The molecule has 1 aromatic rings. The highest BCUT2D eigenvalue weighted by Gasteiger charge is 2.27. The third-order valence-electron chi connectivity index (χ3n) is 4.18. The van der Waals surface area contributed by atoms with Crippen molar-refractivity contribution in [1.82, 2.24) is 10.2 Å². The highest BCUT2D eigenvalue weighted by Crippen LogP contribution is 2.26. The molecule has 0 aromatic heterocycles. The largest absolute Gasteiger partial charge is 0.491 e. The van der Waals surface area contributed by atoms with Gasteiger partial charge in [-0.3, -0.25) is 4.79 Å². The molecule has 0 bridgehead atoms. The molecule has 1 aromatic carbocycles. The first-order valence-electron chi connectivity index (χ1n) is 9.35. The first kappa shape index (κ1) is 22.8. The minimum Gasteiger partial charge on any atom is -0.491 e. The number of nitrogens with zero attached hydrogens (tertiary/aromatic N) is 1.